The molecule has 0 aliphatic rings. The van der Waals surface area contributed by atoms with Crippen LogP contribution in [0.2, 0.25) is 0 Å². The average molecular weight is 196 g/mol. The Morgan fingerprint density at radius 2 is 2.36 bits per heavy atom. The Labute approximate surface area is 79.1 Å². The third-order valence-corrected chi connectivity index (χ3v) is 1.66. The zero-order valence-electron chi connectivity index (χ0n) is 7.35. The number of hydrogen-bond donors (Lipinski definition) is 2. The van der Waals surface area contributed by atoms with Gasteiger partial charge in [-0.25, -0.2) is 5.84 Å². The van der Waals surface area contributed by atoms with Crippen molar-refractivity contribution in [1.29, 1.82) is 0 Å². The summed E-state index contributed by atoms with van der Waals surface area (Å²) in [5, 5.41) is 10.4. The van der Waals surface area contributed by atoms with E-state index in [1.165, 1.54) is 0 Å². The van der Waals surface area contributed by atoms with Gasteiger partial charge >= 0.3 is 0 Å². The summed E-state index contributed by atoms with van der Waals surface area (Å²) in [7, 11) is 0. The molecule has 0 fully saturated rings. The first-order chi connectivity index (χ1) is 6.56. The molecule has 7 nitrogen and oxygen atoms in total. The number of pyridine rings is 1. The number of nitrogens with zero attached hydrogens (tertiary/aromatic N) is 2. The minimum Gasteiger partial charge on any atom is -0.290 e. The van der Waals surface area contributed by atoms with Crippen LogP contribution < -0.4 is 11.3 Å². The summed E-state index contributed by atoms with van der Waals surface area (Å²) in [6.07, 6.45) is 1.09. The smallest absolute Gasteiger partial charge is 0.288 e. The van der Waals surface area contributed by atoms with Crippen molar-refractivity contribution in [2.45, 2.75) is 6.92 Å². The van der Waals surface area contributed by atoms with E-state index in [4.69, 9.17) is 5.84 Å². The molecule has 0 saturated carbocycles. The van der Waals surface area contributed by atoms with Gasteiger partial charge in [0, 0.05) is 6.07 Å². The van der Waals surface area contributed by atoms with Gasteiger partial charge in [0.05, 0.1) is 16.2 Å². The lowest BCUT2D eigenvalue weighted by Crippen LogP contribution is -2.30. The van der Waals surface area contributed by atoms with Crippen molar-refractivity contribution in [3.8, 4) is 0 Å². The highest BCUT2D eigenvalue weighted by Crippen LogP contribution is 2.14. The first kappa shape index (κ1) is 10.1. The van der Waals surface area contributed by atoms with E-state index in [0.29, 0.717) is 5.69 Å². The van der Waals surface area contributed by atoms with Crippen LogP contribution in [0.5, 0.6) is 0 Å². The average Bonchev–Trinajstić information content (AvgIpc) is 2.17. The molecule has 0 aliphatic carbocycles. The van der Waals surface area contributed by atoms with Gasteiger partial charge in [0.1, 0.15) is 6.20 Å². The number of nitrogen functional groups attached to an aromatic ring is 1. The van der Waals surface area contributed by atoms with Gasteiger partial charge in [-0.05, 0) is 6.92 Å². The monoisotopic (exact) mass is 196 g/mol. The van der Waals surface area contributed by atoms with Gasteiger partial charge in [-0.1, -0.05) is 0 Å². The van der Waals surface area contributed by atoms with Gasteiger partial charge in [-0.3, -0.25) is 25.3 Å². The van der Waals surface area contributed by atoms with E-state index >= 15 is 0 Å². The molecule has 74 valence electrons. The van der Waals surface area contributed by atoms with E-state index in [1.54, 1.807) is 6.92 Å². The first-order valence-electron chi connectivity index (χ1n) is 3.68. The lowest BCUT2D eigenvalue weighted by Gasteiger charge is -2.02. The van der Waals surface area contributed by atoms with Crippen molar-refractivity contribution in [2.75, 3.05) is 0 Å². The molecule has 1 aromatic rings. The number of rotatable bonds is 2. The molecular weight excluding hydrogens is 188 g/mol. The molecule has 1 aromatic heterocycles. The van der Waals surface area contributed by atoms with Crippen LogP contribution >= 0.6 is 0 Å². The number of hydrazine groups is 1. The first-order valence-corrected chi connectivity index (χ1v) is 3.68. The maximum Gasteiger partial charge on any atom is 0.288 e. The van der Waals surface area contributed by atoms with Crippen LogP contribution in [0, 0.1) is 17.0 Å². The summed E-state index contributed by atoms with van der Waals surface area (Å²) < 4.78 is 0. The summed E-state index contributed by atoms with van der Waals surface area (Å²) in [6, 6.07) is 1.13. The number of carbonyl (C=O) groups excluding carboxylic acids is 1. The van der Waals surface area contributed by atoms with Crippen LogP contribution in [0.15, 0.2) is 12.3 Å². The molecule has 1 amide bonds. The van der Waals surface area contributed by atoms with Crippen molar-refractivity contribution >= 4 is 11.6 Å². The standard InChI is InChI=1S/C7H8N4O3/c1-4-6(7(12)10-8)2-5(3-9-4)11(13)14/h2-3H,8H2,1H3,(H,10,12). The van der Waals surface area contributed by atoms with Gasteiger partial charge in [-0.15, -0.1) is 0 Å². The molecule has 7 heteroatoms. The molecule has 1 rings (SSSR count). The molecule has 1 heterocycles. The maximum atomic E-state index is 11.1. The summed E-state index contributed by atoms with van der Waals surface area (Å²) >= 11 is 0. The third-order valence-electron chi connectivity index (χ3n) is 1.66. The second-order valence-electron chi connectivity index (χ2n) is 2.56. The van der Waals surface area contributed by atoms with Crippen molar-refractivity contribution in [3.05, 3.63) is 33.6 Å². The van der Waals surface area contributed by atoms with E-state index in [-0.39, 0.29) is 11.3 Å². The Bertz CT molecular complexity index is 391. The van der Waals surface area contributed by atoms with Crippen LogP contribution in [-0.4, -0.2) is 15.8 Å². The maximum absolute atomic E-state index is 11.1. The summed E-state index contributed by atoms with van der Waals surface area (Å²) in [5.74, 6) is 4.30. The van der Waals surface area contributed by atoms with Gasteiger partial charge in [0.2, 0.25) is 0 Å². The Hall–Kier alpha value is -2.02. The second-order valence-corrected chi connectivity index (χ2v) is 2.56. The van der Waals surface area contributed by atoms with Crippen molar-refractivity contribution < 1.29 is 9.72 Å². The zero-order valence-corrected chi connectivity index (χ0v) is 7.35. The quantitative estimate of drug-likeness (QED) is 0.297. The highest BCUT2D eigenvalue weighted by molar-refractivity contribution is 5.95. The minimum atomic E-state index is -0.625. The number of aromatic nitrogens is 1. The normalized spacial score (nSPS) is 9.57. The topological polar surface area (TPSA) is 111 Å². The summed E-state index contributed by atoms with van der Waals surface area (Å²) in [5.41, 5.74) is 2.13. The fraction of sp³-hybridized carbons (Fsp3) is 0.143. The van der Waals surface area contributed by atoms with Crippen LogP contribution in [0.1, 0.15) is 16.1 Å². The van der Waals surface area contributed by atoms with Crippen molar-refractivity contribution in [3.63, 3.8) is 0 Å². The number of nitrogens with one attached hydrogen (secondary N) is 1. The molecular formula is C7H8N4O3. The Kier molecular flexibility index (Phi) is 2.73. The van der Waals surface area contributed by atoms with Crippen LogP contribution in [0.3, 0.4) is 0 Å². The van der Waals surface area contributed by atoms with Gasteiger partial charge in [0.15, 0.2) is 0 Å². The Morgan fingerprint density at radius 1 is 1.71 bits per heavy atom. The van der Waals surface area contributed by atoms with Gasteiger partial charge in [-0.2, -0.15) is 0 Å². The molecule has 0 aliphatic heterocycles. The van der Waals surface area contributed by atoms with Crippen molar-refractivity contribution in [2.24, 2.45) is 5.84 Å². The zero-order chi connectivity index (χ0) is 10.7. The molecule has 0 spiro atoms. The van der Waals surface area contributed by atoms with Crippen LogP contribution in [0.25, 0.3) is 0 Å². The molecule has 0 aromatic carbocycles. The van der Waals surface area contributed by atoms with Crippen LogP contribution in [0.4, 0.5) is 5.69 Å². The van der Waals surface area contributed by atoms with Crippen molar-refractivity contribution in [1.82, 2.24) is 10.4 Å². The predicted molar refractivity (Wildman–Crippen MR) is 47.3 cm³/mol. The SMILES string of the molecule is Cc1ncc([N+](=O)[O-])cc1C(=O)NN. The summed E-state index contributed by atoms with van der Waals surface area (Å²) in [6.45, 7) is 1.56. The van der Waals surface area contributed by atoms with E-state index in [0.717, 1.165) is 12.3 Å². The third kappa shape index (κ3) is 1.83. The fourth-order valence-corrected chi connectivity index (χ4v) is 0.930. The highest BCUT2D eigenvalue weighted by Gasteiger charge is 2.14. The lowest BCUT2D eigenvalue weighted by molar-refractivity contribution is -0.385. The Balaban J connectivity index is 3.21. The second kappa shape index (κ2) is 3.79. The molecule has 0 unspecified atom stereocenters. The van der Waals surface area contributed by atoms with E-state index in [1.807, 2.05) is 5.43 Å². The van der Waals surface area contributed by atoms with Gasteiger partial charge < -0.3 is 0 Å². The molecule has 0 radical (unpaired) electrons. The molecule has 3 N–H and O–H groups in total. The summed E-state index contributed by atoms with van der Waals surface area (Å²) in [4.78, 5) is 24.6. The largest absolute Gasteiger partial charge is 0.290 e. The van der Waals surface area contributed by atoms with E-state index < -0.39 is 10.8 Å². The molecule has 14 heavy (non-hydrogen) atoms. The van der Waals surface area contributed by atoms with Gasteiger partial charge in [0.25, 0.3) is 11.6 Å². The number of amides is 1. The highest BCUT2D eigenvalue weighted by atomic mass is 16.6. The number of nitrogens with two attached hydrogens (primary N) is 1. The predicted octanol–water partition coefficient (Wildman–Crippen LogP) is -0.0983. The number of hydrogen-bond acceptors (Lipinski definition) is 5. The lowest BCUT2D eigenvalue weighted by atomic mass is 10.2. The molecule has 0 saturated heterocycles. The number of carbonyl (C=O) groups is 1. The molecule has 0 bridgehead atoms. The van der Waals surface area contributed by atoms with E-state index in [2.05, 4.69) is 4.98 Å². The molecule has 0 atom stereocenters. The van der Waals surface area contributed by atoms with Crippen LogP contribution in [-0.2, 0) is 0 Å². The Morgan fingerprint density at radius 3 is 2.86 bits per heavy atom. The van der Waals surface area contributed by atoms with E-state index in [9.17, 15) is 14.9 Å². The fourth-order valence-electron chi connectivity index (χ4n) is 0.930. The number of aryl methyl sites for hydroxylation is 1. The minimum absolute atomic E-state index is 0.0988. The number of nitro groups is 1.